The zero-order valence-electron chi connectivity index (χ0n) is 13.4. The summed E-state index contributed by atoms with van der Waals surface area (Å²) in [5, 5.41) is 8.73. The van der Waals surface area contributed by atoms with Gasteiger partial charge in [0.2, 0.25) is 6.33 Å². The molecule has 0 aliphatic heterocycles. The molecular formula is C18H20N5+. The summed E-state index contributed by atoms with van der Waals surface area (Å²) in [7, 11) is 4.06. The van der Waals surface area contributed by atoms with Gasteiger partial charge in [0.15, 0.2) is 0 Å². The third kappa shape index (κ3) is 4.03. The lowest BCUT2D eigenvalue weighted by Crippen LogP contribution is -2.24. The van der Waals surface area contributed by atoms with Crippen LogP contribution in [0.4, 0.5) is 5.69 Å². The molecule has 0 bridgehead atoms. The second-order valence-electron chi connectivity index (χ2n) is 5.54. The van der Waals surface area contributed by atoms with Crippen molar-refractivity contribution in [2.75, 3.05) is 19.0 Å². The van der Waals surface area contributed by atoms with Crippen molar-refractivity contribution >= 4 is 11.9 Å². The summed E-state index contributed by atoms with van der Waals surface area (Å²) < 4.78 is 3.57. The van der Waals surface area contributed by atoms with Crippen molar-refractivity contribution in [3.8, 4) is 0 Å². The zero-order valence-corrected chi connectivity index (χ0v) is 13.4. The quantitative estimate of drug-likeness (QED) is 0.535. The van der Waals surface area contributed by atoms with Crippen molar-refractivity contribution in [2.45, 2.75) is 6.54 Å². The van der Waals surface area contributed by atoms with Crippen molar-refractivity contribution < 1.29 is 4.68 Å². The fraction of sp³-hybridized carbons (Fsp3) is 0.167. The van der Waals surface area contributed by atoms with E-state index in [-0.39, 0.29) is 0 Å². The Bertz CT molecular complexity index is 773. The van der Waals surface area contributed by atoms with Gasteiger partial charge in [-0.2, -0.15) is 0 Å². The van der Waals surface area contributed by atoms with Crippen molar-refractivity contribution in [3.63, 3.8) is 0 Å². The molecule has 0 fully saturated rings. The molecule has 0 unspecified atom stereocenters. The molecule has 5 heteroatoms. The summed E-state index contributed by atoms with van der Waals surface area (Å²) >= 11 is 0. The Morgan fingerprint density at radius 3 is 2.52 bits per heavy atom. The van der Waals surface area contributed by atoms with E-state index in [1.807, 2.05) is 61.7 Å². The van der Waals surface area contributed by atoms with E-state index < -0.39 is 0 Å². The molecule has 3 aromatic rings. The van der Waals surface area contributed by atoms with Gasteiger partial charge in [0, 0.05) is 24.9 Å². The minimum absolute atomic E-state index is 0.737. The summed E-state index contributed by atoms with van der Waals surface area (Å²) in [4.78, 5) is 2.07. The van der Waals surface area contributed by atoms with Crippen LogP contribution in [0, 0.1) is 0 Å². The van der Waals surface area contributed by atoms with Gasteiger partial charge in [0.25, 0.3) is 6.33 Å². The molecule has 0 saturated carbocycles. The maximum atomic E-state index is 4.41. The van der Waals surface area contributed by atoms with Crippen molar-refractivity contribution in [3.05, 3.63) is 78.4 Å². The number of nitrogens with zero attached hydrogens (tertiary/aromatic N) is 5. The highest BCUT2D eigenvalue weighted by Crippen LogP contribution is 2.10. The third-order valence-electron chi connectivity index (χ3n) is 3.51. The Hall–Kier alpha value is -2.95. The molecule has 0 radical (unpaired) electrons. The Balaban J connectivity index is 1.66. The largest absolute Gasteiger partial charge is 0.378 e. The van der Waals surface area contributed by atoms with E-state index in [0.717, 1.165) is 12.1 Å². The third-order valence-corrected chi connectivity index (χ3v) is 3.51. The van der Waals surface area contributed by atoms with Crippen molar-refractivity contribution in [2.24, 2.45) is 5.10 Å². The number of benzene rings is 2. The van der Waals surface area contributed by atoms with Gasteiger partial charge in [-0.1, -0.05) is 42.5 Å². The standard InChI is InChI=1S/C18H20N5/c1-21(2)18-10-8-16(9-11-18)12-19-23-14-20-22(15-23)13-17-6-4-3-5-7-17/h3-12,14-15H,13H2,1-2H3/q+1. The first-order valence-corrected chi connectivity index (χ1v) is 7.50. The monoisotopic (exact) mass is 306 g/mol. The van der Waals surface area contributed by atoms with Gasteiger partial charge in [0.1, 0.15) is 6.54 Å². The average Bonchev–Trinajstić information content (AvgIpc) is 3.02. The molecule has 0 N–H and O–H groups in total. The summed E-state index contributed by atoms with van der Waals surface area (Å²) in [5.74, 6) is 0. The van der Waals surface area contributed by atoms with Crippen LogP contribution >= 0.6 is 0 Å². The lowest BCUT2D eigenvalue weighted by Gasteiger charge is -2.11. The molecule has 23 heavy (non-hydrogen) atoms. The van der Waals surface area contributed by atoms with Gasteiger partial charge in [-0.15, -0.1) is 14.5 Å². The van der Waals surface area contributed by atoms with Gasteiger partial charge in [-0.05, 0) is 23.3 Å². The molecule has 1 aromatic heterocycles. The van der Waals surface area contributed by atoms with E-state index in [0.29, 0.717) is 0 Å². The zero-order chi connectivity index (χ0) is 16.1. The number of aromatic nitrogens is 3. The highest BCUT2D eigenvalue weighted by molar-refractivity contribution is 5.79. The second kappa shape index (κ2) is 6.87. The first kappa shape index (κ1) is 15.0. The molecule has 0 atom stereocenters. The fourth-order valence-electron chi connectivity index (χ4n) is 2.22. The smallest absolute Gasteiger partial charge is 0.289 e. The molecule has 116 valence electrons. The lowest BCUT2D eigenvalue weighted by atomic mass is 10.2. The van der Waals surface area contributed by atoms with E-state index in [1.165, 1.54) is 11.3 Å². The topological polar surface area (TPSA) is 37.3 Å². The summed E-state index contributed by atoms with van der Waals surface area (Å²) in [6.07, 6.45) is 5.40. The number of rotatable bonds is 5. The van der Waals surface area contributed by atoms with Gasteiger partial charge >= 0.3 is 0 Å². The molecule has 3 rings (SSSR count). The van der Waals surface area contributed by atoms with Crippen LogP contribution in [0.3, 0.4) is 0 Å². The summed E-state index contributed by atoms with van der Waals surface area (Å²) in [6.45, 7) is 0.737. The molecule has 0 spiro atoms. The van der Waals surface area contributed by atoms with Crippen LogP contribution in [0.15, 0.2) is 72.4 Å². The molecule has 5 nitrogen and oxygen atoms in total. The normalized spacial score (nSPS) is 11.0. The maximum absolute atomic E-state index is 4.41. The Kier molecular flexibility index (Phi) is 4.47. The summed E-state index contributed by atoms with van der Waals surface area (Å²) in [5.41, 5.74) is 3.44. The van der Waals surface area contributed by atoms with E-state index in [4.69, 9.17) is 0 Å². The van der Waals surface area contributed by atoms with E-state index >= 15 is 0 Å². The minimum atomic E-state index is 0.737. The maximum Gasteiger partial charge on any atom is 0.289 e. The van der Waals surface area contributed by atoms with Gasteiger partial charge < -0.3 is 4.90 Å². The molecule has 0 aliphatic carbocycles. The molecule has 0 amide bonds. The molecule has 0 aliphatic rings. The average molecular weight is 306 g/mol. The van der Waals surface area contributed by atoms with Crippen LogP contribution in [0.25, 0.3) is 0 Å². The highest BCUT2D eigenvalue weighted by Gasteiger charge is 2.05. The Morgan fingerprint density at radius 2 is 1.83 bits per heavy atom. The number of anilines is 1. The van der Waals surface area contributed by atoms with Crippen LogP contribution in [-0.4, -0.2) is 30.1 Å². The SMILES string of the molecule is CN(C)c1ccc(C=N[n+]2cnn(Cc3ccccc3)c2)cc1. The van der Waals surface area contributed by atoms with Crippen molar-refractivity contribution in [1.82, 2.24) is 9.78 Å². The van der Waals surface area contributed by atoms with Gasteiger partial charge in [-0.25, -0.2) is 0 Å². The van der Waals surface area contributed by atoms with Crippen molar-refractivity contribution in [1.29, 1.82) is 0 Å². The van der Waals surface area contributed by atoms with Gasteiger partial charge in [-0.3, -0.25) is 0 Å². The van der Waals surface area contributed by atoms with Crippen LogP contribution in [0.5, 0.6) is 0 Å². The predicted octanol–water partition coefficient (Wildman–Crippen LogP) is 2.17. The minimum Gasteiger partial charge on any atom is -0.378 e. The first-order chi connectivity index (χ1) is 11.2. The van der Waals surface area contributed by atoms with Crippen LogP contribution in [0.2, 0.25) is 0 Å². The van der Waals surface area contributed by atoms with E-state index in [2.05, 4.69) is 39.4 Å². The summed E-state index contributed by atoms with van der Waals surface area (Å²) in [6, 6.07) is 18.5. The van der Waals surface area contributed by atoms with Crippen LogP contribution in [0.1, 0.15) is 11.1 Å². The van der Waals surface area contributed by atoms with Crippen LogP contribution in [-0.2, 0) is 6.54 Å². The predicted molar refractivity (Wildman–Crippen MR) is 91.7 cm³/mol. The van der Waals surface area contributed by atoms with E-state index in [9.17, 15) is 0 Å². The fourth-order valence-corrected chi connectivity index (χ4v) is 2.22. The van der Waals surface area contributed by atoms with Gasteiger partial charge in [0.05, 0.1) is 6.21 Å². The number of hydrogen-bond donors (Lipinski definition) is 0. The van der Waals surface area contributed by atoms with E-state index in [1.54, 1.807) is 11.0 Å². The Morgan fingerprint density at radius 1 is 1.09 bits per heavy atom. The highest BCUT2D eigenvalue weighted by atomic mass is 15.5. The molecule has 2 aromatic carbocycles. The number of hydrogen-bond acceptors (Lipinski definition) is 3. The molecule has 1 heterocycles. The molecular weight excluding hydrogens is 286 g/mol. The molecule has 0 saturated heterocycles. The second-order valence-corrected chi connectivity index (χ2v) is 5.54. The Labute approximate surface area is 136 Å². The first-order valence-electron chi connectivity index (χ1n) is 7.50. The lowest BCUT2D eigenvalue weighted by molar-refractivity contribution is -0.679. The van der Waals surface area contributed by atoms with Crippen LogP contribution < -0.4 is 9.58 Å².